The summed E-state index contributed by atoms with van der Waals surface area (Å²) in [5.74, 6) is -1.82. The second kappa shape index (κ2) is 8.89. The van der Waals surface area contributed by atoms with Crippen molar-refractivity contribution in [3.05, 3.63) is 35.9 Å². The van der Waals surface area contributed by atoms with Crippen LogP contribution in [0.15, 0.2) is 30.3 Å². The summed E-state index contributed by atoms with van der Waals surface area (Å²) < 4.78 is 5.26. The minimum Gasteiger partial charge on any atom is -0.480 e. The van der Waals surface area contributed by atoms with Gasteiger partial charge >= 0.3 is 5.97 Å². The van der Waals surface area contributed by atoms with Crippen molar-refractivity contribution >= 4 is 17.8 Å². The van der Waals surface area contributed by atoms with Gasteiger partial charge in [-0.25, -0.2) is 4.79 Å². The number of carbonyl (C=O) groups excluding carboxylic acids is 2. The Hall–Kier alpha value is -2.41. The lowest BCUT2D eigenvalue weighted by atomic mass is 10.1. The molecule has 23 heavy (non-hydrogen) atoms. The summed E-state index contributed by atoms with van der Waals surface area (Å²) in [7, 11) is 1.40. The lowest BCUT2D eigenvalue weighted by molar-refractivity contribution is -0.154. The predicted molar refractivity (Wildman–Crippen MR) is 83.7 cm³/mol. The molecule has 0 aliphatic carbocycles. The number of benzene rings is 1. The summed E-state index contributed by atoms with van der Waals surface area (Å²) in [6.07, 6.45) is -0.893. The molecule has 0 aliphatic heterocycles. The van der Waals surface area contributed by atoms with Crippen LogP contribution in [0.3, 0.4) is 0 Å². The molecular weight excluding hydrogens is 300 g/mol. The molecule has 2 N–H and O–H groups in total. The molecule has 0 radical (unpaired) electrons. The Morgan fingerprint density at radius 3 is 2.35 bits per heavy atom. The number of rotatable bonds is 8. The van der Waals surface area contributed by atoms with Gasteiger partial charge in [-0.2, -0.15) is 0 Å². The van der Waals surface area contributed by atoms with Crippen LogP contribution < -0.4 is 5.32 Å². The fourth-order valence-electron chi connectivity index (χ4n) is 2.14. The van der Waals surface area contributed by atoms with Gasteiger partial charge in [-0.15, -0.1) is 0 Å². The summed E-state index contributed by atoms with van der Waals surface area (Å²) in [5, 5.41) is 11.8. The monoisotopic (exact) mass is 322 g/mol. The number of ether oxygens (including phenoxy) is 1. The molecule has 0 saturated carbocycles. The number of carbonyl (C=O) groups is 3. The highest BCUT2D eigenvalue weighted by Crippen LogP contribution is 2.20. The van der Waals surface area contributed by atoms with Crippen molar-refractivity contribution in [2.45, 2.75) is 26.0 Å². The van der Waals surface area contributed by atoms with Crippen LogP contribution in [0.4, 0.5) is 0 Å². The predicted octanol–water partition coefficient (Wildman–Crippen LogP) is 0.812. The number of carboxylic acids is 1. The zero-order valence-electron chi connectivity index (χ0n) is 13.5. The topological polar surface area (TPSA) is 95.9 Å². The Morgan fingerprint density at radius 2 is 1.87 bits per heavy atom. The van der Waals surface area contributed by atoms with Crippen LogP contribution in [-0.4, -0.2) is 54.0 Å². The highest BCUT2D eigenvalue weighted by Gasteiger charge is 2.31. The molecule has 0 heterocycles. The van der Waals surface area contributed by atoms with Crippen LogP contribution in [-0.2, 0) is 19.1 Å². The van der Waals surface area contributed by atoms with E-state index in [-0.39, 0.29) is 19.0 Å². The number of aliphatic carboxylic acids is 1. The normalized spacial score (nSPS) is 13.0. The number of nitrogens with zero attached hydrogens (tertiary/aromatic N) is 1. The van der Waals surface area contributed by atoms with E-state index >= 15 is 0 Å². The first-order chi connectivity index (χ1) is 10.9. The Labute approximate surface area is 135 Å². The lowest BCUT2D eigenvalue weighted by Gasteiger charge is -2.30. The van der Waals surface area contributed by atoms with E-state index in [4.69, 9.17) is 4.74 Å². The van der Waals surface area contributed by atoms with E-state index in [0.29, 0.717) is 5.56 Å². The van der Waals surface area contributed by atoms with Gasteiger partial charge in [0.1, 0.15) is 6.04 Å². The van der Waals surface area contributed by atoms with Crippen LogP contribution >= 0.6 is 0 Å². The van der Waals surface area contributed by atoms with Crippen LogP contribution in [0, 0.1) is 0 Å². The number of nitrogens with one attached hydrogen (secondary N) is 1. The number of methoxy groups -OCH3 is 1. The molecule has 0 fully saturated rings. The Morgan fingerprint density at radius 1 is 1.26 bits per heavy atom. The molecule has 0 spiro atoms. The zero-order valence-corrected chi connectivity index (χ0v) is 13.5. The maximum Gasteiger partial charge on any atom is 0.326 e. The molecular formula is C16H22N2O5. The maximum absolute atomic E-state index is 12.7. The SMILES string of the molecule is CO[C@@H](C(=O)N(CCNC(C)=O)C(C)C(=O)O)c1ccccc1. The van der Waals surface area contributed by atoms with Crippen LogP contribution in [0.2, 0.25) is 0 Å². The number of carboxylic acid groups (broad SMARTS) is 1. The smallest absolute Gasteiger partial charge is 0.326 e. The van der Waals surface area contributed by atoms with Gasteiger partial charge in [-0.1, -0.05) is 30.3 Å². The molecule has 7 heteroatoms. The average Bonchev–Trinajstić information content (AvgIpc) is 2.52. The molecule has 2 amide bonds. The van der Waals surface area contributed by atoms with Gasteiger partial charge in [0.15, 0.2) is 6.10 Å². The third-order valence-electron chi connectivity index (χ3n) is 3.40. The maximum atomic E-state index is 12.7. The lowest BCUT2D eigenvalue weighted by Crippen LogP contribution is -2.48. The standard InChI is InChI=1S/C16H22N2O5/c1-11(16(21)22)18(10-9-17-12(2)19)15(20)14(23-3)13-7-5-4-6-8-13/h4-8,11,14H,9-10H2,1-3H3,(H,17,19)(H,21,22)/t11?,14-/m1/s1. The second-order valence-corrected chi connectivity index (χ2v) is 5.06. The van der Waals surface area contributed by atoms with Gasteiger partial charge < -0.3 is 20.1 Å². The van der Waals surface area contributed by atoms with Gasteiger partial charge in [0.05, 0.1) is 0 Å². The van der Waals surface area contributed by atoms with Gasteiger partial charge in [-0.3, -0.25) is 9.59 Å². The van der Waals surface area contributed by atoms with E-state index in [2.05, 4.69) is 5.32 Å². The second-order valence-electron chi connectivity index (χ2n) is 5.06. The largest absolute Gasteiger partial charge is 0.480 e. The third-order valence-corrected chi connectivity index (χ3v) is 3.40. The van der Waals surface area contributed by atoms with Crippen molar-refractivity contribution in [1.29, 1.82) is 0 Å². The third kappa shape index (κ3) is 5.37. The summed E-state index contributed by atoms with van der Waals surface area (Å²) in [6.45, 7) is 3.03. The van der Waals surface area contributed by atoms with Gasteiger partial charge in [0.25, 0.3) is 5.91 Å². The van der Waals surface area contributed by atoms with Gasteiger partial charge in [-0.05, 0) is 12.5 Å². The fourth-order valence-corrected chi connectivity index (χ4v) is 2.14. The number of hydrogen-bond donors (Lipinski definition) is 2. The van der Waals surface area contributed by atoms with Crippen LogP contribution in [0.25, 0.3) is 0 Å². The highest BCUT2D eigenvalue weighted by atomic mass is 16.5. The molecule has 7 nitrogen and oxygen atoms in total. The molecule has 0 bridgehead atoms. The Kier molecular flexibility index (Phi) is 7.21. The first-order valence-corrected chi connectivity index (χ1v) is 7.24. The summed E-state index contributed by atoms with van der Waals surface area (Å²) in [6, 6.07) is 7.81. The molecule has 0 aliphatic rings. The zero-order chi connectivity index (χ0) is 17.4. The van der Waals surface area contributed by atoms with Gasteiger partial charge in [0.2, 0.25) is 5.91 Å². The van der Waals surface area contributed by atoms with Crippen molar-refractivity contribution in [3.8, 4) is 0 Å². The van der Waals surface area contributed by atoms with Crippen molar-refractivity contribution < 1.29 is 24.2 Å². The van der Waals surface area contributed by atoms with E-state index in [1.165, 1.54) is 25.9 Å². The molecule has 0 aromatic heterocycles. The summed E-state index contributed by atoms with van der Waals surface area (Å²) >= 11 is 0. The first-order valence-electron chi connectivity index (χ1n) is 7.24. The summed E-state index contributed by atoms with van der Waals surface area (Å²) in [4.78, 5) is 36.1. The molecule has 126 valence electrons. The summed E-state index contributed by atoms with van der Waals surface area (Å²) in [5.41, 5.74) is 0.641. The quantitative estimate of drug-likeness (QED) is 0.738. The van der Waals surface area contributed by atoms with Crippen molar-refractivity contribution in [2.75, 3.05) is 20.2 Å². The van der Waals surface area contributed by atoms with Crippen molar-refractivity contribution in [1.82, 2.24) is 10.2 Å². The molecule has 1 rings (SSSR count). The Balaban J connectivity index is 2.96. The first kappa shape index (κ1) is 18.6. The fraction of sp³-hybridized carbons (Fsp3) is 0.438. The van der Waals surface area contributed by atoms with Gasteiger partial charge in [0, 0.05) is 27.1 Å². The van der Waals surface area contributed by atoms with Crippen LogP contribution in [0.5, 0.6) is 0 Å². The van der Waals surface area contributed by atoms with E-state index < -0.39 is 24.0 Å². The van der Waals surface area contributed by atoms with E-state index in [1.54, 1.807) is 24.3 Å². The minimum atomic E-state index is -1.12. The number of amides is 2. The van der Waals surface area contributed by atoms with Crippen LogP contribution in [0.1, 0.15) is 25.5 Å². The van der Waals surface area contributed by atoms with E-state index in [0.717, 1.165) is 0 Å². The Bertz CT molecular complexity index is 547. The average molecular weight is 322 g/mol. The number of hydrogen-bond acceptors (Lipinski definition) is 4. The molecule has 0 saturated heterocycles. The molecule has 2 atom stereocenters. The van der Waals surface area contributed by atoms with E-state index in [9.17, 15) is 19.5 Å². The highest BCUT2D eigenvalue weighted by molar-refractivity contribution is 5.87. The molecule has 1 unspecified atom stereocenters. The van der Waals surface area contributed by atoms with Crippen molar-refractivity contribution in [2.24, 2.45) is 0 Å². The van der Waals surface area contributed by atoms with E-state index in [1.807, 2.05) is 6.07 Å². The molecule has 1 aromatic rings. The molecule has 1 aromatic carbocycles. The van der Waals surface area contributed by atoms with Crippen molar-refractivity contribution in [3.63, 3.8) is 0 Å². The minimum absolute atomic E-state index is 0.0819.